The minimum atomic E-state index is -1.48. The summed E-state index contributed by atoms with van der Waals surface area (Å²) in [5, 5.41) is 19.6. The first-order chi connectivity index (χ1) is 7.47. The van der Waals surface area contributed by atoms with Crippen LogP contribution in [0.15, 0.2) is 12.1 Å². The van der Waals surface area contributed by atoms with Gasteiger partial charge < -0.3 is 9.84 Å². The average Bonchev–Trinajstić information content (AvgIpc) is 2.24. The Bertz CT molecular complexity index is 411. The minimum absolute atomic E-state index is 0.0904. The van der Waals surface area contributed by atoms with Crippen LogP contribution in [0.3, 0.4) is 0 Å². The van der Waals surface area contributed by atoms with Gasteiger partial charge in [0, 0.05) is 12.5 Å². The molecule has 7 heteroatoms. The molecule has 0 saturated heterocycles. The molecule has 0 saturated carbocycles. The van der Waals surface area contributed by atoms with Crippen molar-refractivity contribution in [1.29, 1.82) is 0 Å². The molecule has 1 atom stereocenters. The molecule has 0 amide bonds. The van der Waals surface area contributed by atoms with E-state index in [-0.39, 0.29) is 6.42 Å². The summed E-state index contributed by atoms with van der Waals surface area (Å²) in [6.07, 6.45) is -1.33. The largest absolute Gasteiger partial charge is 0.455 e. The lowest BCUT2D eigenvalue weighted by atomic mass is 10.2. The third-order valence-corrected chi connectivity index (χ3v) is 1.83. The van der Waals surface area contributed by atoms with Crippen LogP contribution in [0.1, 0.15) is 13.3 Å². The fourth-order valence-corrected chi connectivity index (χ4v) is 0.997. The average molecular weight is 233 g/mol. The lowest BCUT2D eigenvalue weighted by Gasteiger charge is -2.12. The van der Waals surface area contributed by atoms with Crippen LogP contribution in [0.5, 0.6) is 5.75 Å². The third-order valence-electron chi connectivity index (χ3n) is 1.83. The zero-order valence-corrected chi connectivity index (χ0v) is 8.31. The molecule has 16 heavy (non-hydrogen) atoms. The van der Waals surface area contributed by atoms with Crippen LogP contribution in [0.2, 0.25) is 0 Å². The van der Waals surface area contributed by atoms with E-state index in [9.17, 15) is 18.9 Å². The topological polar surface area (TPSA) is 72.6 Å². The number of nitro groups is 1. The standard InChI is InChI=1S/C9H9F2NO4/c1-2-7(13)16-9-6(12(14)15)4-3-5(10)8(9)11/h3-4,7,13H,2H2,1H3/t7-/m1/s1. The Balaban J connectivity index is 3.21. The lowest BCUT2D eigenvalue weighted by molar-refractivity contribution is -0.386. The number of nitro benzene ring substituents is 1. The number of hydrogen-bond acceptors (Lipinski definition) is 4. The van der Waals surface area contributed by atoms with Gasteiger partial charge in [0.2, 0.25) is 11.6 Å². The lowest BCUT2D eigenvalue weighted by Crippen LogP contribution is -2.16. The molecule has 0 bridgehead atoms. The van der Waals surface area contributed by atoms with E-state index in [1.54, 1.807) is 0 Å². The number of nitrogens with zero attached hydrogens (tertiary/aromatic N) is 1. The number of hydrogen-bond donors (Lipinski definition) is 1. The molecule has 0 aliphatic carbocycles. The van der Waals surface area contributed by atoms with Gasteiger partial charge in [0.25, 0.3) is 0 Å². The van der Waals surface area contributed by atoms with E-state index in [0.717, 1.165) is 6.07 Å². The van der Waals surface area contributed by atoms with Gasteiger partial charge in [0.1, 0.15) is 0 Å². The highest BCUT2D eigenvalue weighted by Crippen LogP contribution is 2.32. The molecule has 88 valence electrons. The van der Waals surface area contributed by atoms with Crippen LogP contribution < -0.4 is 4.74 Å². The Morgan fingerprint density at radius 2 is 2.19 bits per heavy atom. The minimum Gasteiger partial charge on any atom is -0.455 e. The molecule has 1 aromatic rings. The van der Waals surface area contributed by atoms with Gasteiger partial charge in [-0.1, -0.05) is 6.92 Å². The summed E-state index contributed by atoms with van der Waals surface area (Å²) in [5.74, 6) is -3.65. The molecule has 0 aliphatic heterocycles. The van der Waals surface area contributed by atoms with Crippen LogP contribution in [-0.2, 0) is 0 Å². The molecule has 1 aromatic carbocycles. The van der Waals surface area contributed by atoms with Gasteiger partial charge >= 0.3 is 5.69 Å². The first-order valence-electron chi connectivity index (χ1n) is 4.44. The highest BCUT2D eigenvalue weighted by Gasteiger charge is 2.24. The molecule has 1 rings (SSSR count). The summed E-state index contributed by atoms with van der Waals surface area (Å²) in [6, 6.07) is 1.40. The van der Waals surface area contributed by atoms with Crippen LogP contribution in [0.4, 0.5) is 14.5 Å². The summed E-state index contributed by atoms with van der Waals surface area (Å²) in [5.41, 5.74) is -0.730. The van der Waals surface area contributed by atoms with Crippen molar-refractivity contribution >= 4 is 5.69 Å². The molecule has 0 radical (unpaired) electrons. The van der Waals surface area contributed by atoms with Gasteiger partial charge in [-0.2, -0.15) is 4.39 Å². The van der Waals surface area contributed by atoms with Crippen LogP contribution in [-0.4, -0.2) is 16.3 Å². The number of aliphatic hydroxyl groups is 1. The van der Waals surface area contributed by atoms with Crippen LogP contribution in [0, 0.1) is 21.7 Å². The Morgan fingerprint density at radius 3 is 2.69 bits per heavy atom. The molecular weight excluding hydrogens is 224 g/mol. The monoisotopic (exact) mass is 233 g/mol. The van der Waals surface area contributed by atoms with Crippen LogP contribution in [0.25, 0.3) is 0 Å². The molecule has 5 nitrogen and oxygen atoms in total. The molecular formula is C9H9F2NO4. The predicted octanol–water partition coefficient (Wildman–Crippen LogP) is 1.98. The van der Waals surface area contributed by atoms with E-state index >= 15 is 0 Å². The maximum Gasteiger partial charge on any atom is 0.314 e. The van der Waals surface area contributed by atoms with E-state index in [0.29, 0.717) is 6.07 Å². The van der Waals surface area contributed by atoms with E-state index in [1.807, 2.05) is 0 Å². The number of aliphatic hydroxyl groups excluding tert-OH is 1. The van der Waals surface area contributed by atoms with E-state index < -0.39 is 34.3 Å². The van der Waals surface area contributed by atoms with Gasteiger partial charge in [0.05, 0.1) is 4.92 Å². The van der Waals surface area contributed by atoms with Gasteiger partial charge in [0.15, 0.2) is 12.1 Å². The van der Waals surface area contributed by atoms with Crippen molar-refractivity contribution in [2.45, 2.75) is 19.6 Å². The van der Waals surface area contributed by atoms with Crippen molar-refractivity contribution in [2.24, 2.45) is 0 Å². The molecule has 1 N–H and O–H groups in total. The maximum absolute atomic E-state index is 13.2. The zero-order chi connectivity index (χ0) is 12.3. The van der Waals surface area contributed by atoms with Crippen molar-refractivity contribution < 1.29 is 23.5 Å². The van der Waals surface area contributed by atoms with E-state index in [2.05, 4.69) is 4.74 Å². The fourth-order valence-electron chi connectivity index (χ4n) is 0.997. The second-order valence-electron chi connectivity index (χ2n) is 2.95. The van der Waals surface area contributed by atoms with Crippen molar-refractivity contribution in [3.8, 4) is 5.75 Å². The van der Waals surface area contributed by atoms with Crippen LogP contribution >= 0.6 is 0 Å². The Morgan fingerprint density at radius 1 is 1.56 bits per heavy atom. The van der Waals surface area contributed by atoms with Gasteiger partial charge in [-0.3, -0.25) is 10.1 Å². The summed E-state index contributed by atoms with van der Waals surface area (Å²) in [6.45, 7) is 1.52. The summed E-state index contributed by atoms with van der Waals surface area (Å²) in [7, 11) is 0. The van der Waals surface area contributed by atoms with Gasteiger partial charge in [-0.05, 0) is 6.07 Å². The first kappa shape index (κ1) is 12.3. The third kappa shape index (κ3) is 2.43. The maximum atomic E-state index is 13.2. The SMILES string of the molecule is CC[C@H](O)Oc1c([N+](=O)[O-])ccc(F)c1F. The number of ether oxygens (including phenoxy) is 1. The summed E-state index contributed by atoms with van der Waals surface area (Å²) >= 11 is 0. The highest BCUT2D eigenvalue weighted by molar-refractivity contribution is 5.47. The normalized spacial score (nSPS) is 12.2. The molecule has 0 heterocycles. The number of rotatable bonds is 4. The second kappa shape index (κ2) is 4.84. The van der Waals surface area contributed by atoms with E-state index in [4.69, 9.17) is 5.11 Å². The number of halogens is 2. The molecule has 0 spiro atoms. The quantitative estimate of drug-likeness (QED) is 0.490. The Labute approximate surface area is 89.4 Å². The van der Waals surface area contributed by atoms with Gasteiger partial charge in [-0.25, -0.2) is 4.39 Å². The van der Waals surface area contributed by atoms with Crippen molar-refractivity contribution in [2.75, 3.05) is 0 Å². The molecule has 0 fully saturated rings. The number of benzene rings is 1. The second-order valence-corrected chi connectivity index (χ2v) is 2.95. The Hall–Kier alpha value is -1.76. The molecule has 0 aliphatic rings. The first-order valence-corrected chi connectivity index (χ1v) is 4.44. The summed E-state index contributed by atoms with van der Waals surface area (Å²) in [4.78, 5) is 9.59. The summed E-state index contributed by atoms with van der Waals surface area (Å²) < 4.78 is 30.6. The highest BCUT2D eigenvalue weighted by atomic mass is 19.2. The van der Waals surface area contributed by atoms with Crippen molar-refractivity contribution in [3.63, 3.8) is 0 Å². The molecule has 0 aromatic heterocycles. The van der Waals surface area contributed by atoms with Gasteiger partial charge in [-0.15, -0.1) is 0 Å². The Kier molecular flexibility index (Phi) is 3.73. The fraction of sp³-hybridized carbons (Fsp3) is 0.333. The predicted molar refractivity (Wildman–Crippen MR) is 49.9 cm³/mol. The van der Waals surface area contributed by atoms with Crippen molar-refractivity contribution in [1.82, 2.24) is 0 Å². The van der Waals surface area contributed by atoms with Crippen molar-refractivity contribution in [3.05, 3.63) is 33.9 Å². The zero-order valence-electron chi connectivity index (χ0n) is 8.31. The van der Waals surface area contributed by atoms with E-state index in [1.165, 1.54) is 6.92 Å². The smallest absolute Gasteiger partial charge is 0.314 e. The molecule has 0 unspecified atom stereocenters.